The Kier molecular flexibility index (Phi) is 3.89. The number of carbonyl (C=O) groups excluding carboxylic acids is 1. The number of benzene rings is 2. The summed E-state index contributed by atoms with van der Waals surface area (Å²) >= 11 is 3.02. The van der Waals surface area contributed by atoms with Crippen molar-refractivity contribution in [2.45, 2.75) is 19.3 Å². The fourth-order valence-corrected chi connectivity index (χ4v) is 3.31. The molecule has 2 aromatic carbocycles. The Bertz CT molecular complexity index is 689. The average Bonchev–Trinajstić information content (AvgIpc) is 2.45. The first kappa shape index (κ1) is 14.4. The lowest BCUT2D eigenvalue weighted by Crippen LogP contribution is -2.24. The van der Waals surface area contributed by atoms with E-state index in [-0.39, 0.29) is 5.92 Å². The predicted octanol–water partition coefficient (Wildman–Crippen LogP) is 4.72. The summed E-state index contributed by atoms with van der Waals surface area (Å²) in [6, 6.07) is 10.2. The van der Waals surface area contributed by atoms with E-state index in [4.69, 9.17) is 0 Å². The first-order valence-electron chi connectivity index (χ1n) is 6.82. The van der Waals surface area contributed by atoms with Crippen LogP contribution in [0.4, 0.5) is 8.78 Å². The molecule has 3 rings (SSSR count). The summed E-state index contributed by atoms with van der Waals surface area (Å²) in [5, 5.41) is 0. The summed E-state index contributed by atoms with van der Waals surface area (Å²) < 4.78 is 28.1. The lowest BCUT2D eigenvalue weighted by atomic mass is 9.80. The van der Waals surface area contributed by atoms with E-state index >= 15 is 0 Å². The van der Waals surface area contributed by atoms with E-state index in [1.165, 1.54) is 5.56 Å². The molecule has 0 saturated heterocycles. The Morgan fingerprint density at radius 2 is 1.71 bits per heavy atom. The summed E-state index contributed by atoms with van der Waals surface area (Å²) in [4.78, 5) is 12.5. The van der Waals surface area contributed by atoms with Gasteiger partial charge in [-0.15, -0.1) is 0 Å². The van der Waals surface area contributed by atoms with Crippen molar-refractivity contribution in [3.8, 4) is 0 Å². The molecule has 1 nitrogen and oxygen atoms in total. The quantitative estimate of drug-likeness (QED) is 0.716. The molecule has 0 bridgehead atoms. The number of halogens is 3. The molecule has 1 aliphatic carbocycles. The third-order valence-corrected chi connectivity index (χ3v) is 4.43. The number of rotatable bonds is 2. The molecule has 0 radical (unpaired) electrons. The highest BCUT2D eigenvalue weighted by Gasteiger charge is 2.29. The van der Waals surface area contributed by atoms with E-state index < -0.39 is 23.0 Å². The Hall–Kier alpha value is -1.55. The molecule has 2 aromatic rings. The second-order valence-corrected chi connectivity index (χ2v) is 6.23. The fraction of sp³-hybridized carbons (Fsp3) is 0.235. The normalized spacial score (nSPS) is 17.4. The molecular formula is C17H13BrF2O. The molecule has 1 atom stereocenters. The summed E-state index contributed by atoms with van der Waals surface area (Å²) in [6.07, 6.45) is 1.95. The number of aryl methyl sites for hydroxylation is 1. The maximum absolute atomic E-state index is 13.9. The van der Waals surface area contributed by atoms with Crippen molar-refractivity contribution in [1.29, 1.82) is 0 Å². The maximum Gasteiger partial charge on any atom is 0.172 e. The topological polar surface area (TPSA) is 17.1 Å². The number of hydrogen-bond donors (Lipinski definition) is 0. The number of ketones is 1. The number of Topliss-reactive ketones (excluding diaryl/α,β-unsaturated/α-hetero) is 1. The summed E-state index contributed by atoms with van der Waals surface area (Å²) in [7, 11) is 0. The third kappa shape index (κ3) is 2.77. The highest BCUT2D eigenvalue weighted by atomic mass is 79.9. The molecule has 1 aliphatic rings. The van der Waals surface area contributed by atoms with E-state index in [1.807, 2.05) is 24.3 Å². The zero-order valence-corrected chi connectivity index (χ0v) is 12.8. The molecule has 21 heavy (non-hydrogen) atoms. The molecule has 108 valence electrons. The lowest BCUT2D eigenvalue weighted by molar-refractivity contribution is 0.0900. The van der Waals surface area contributed by atoms with E-state index in [2.05, 4.69) is 15.9 Å². The van der Waals surface area contributed by atoms with Crippen LogP contribution in [0.5, 0.6) is 0 Å². The molecule has 0 saturated carbocycles. The van der Waals surface area contributed by atoms with Crippen molar-refractivity contribution in [3.05, 3.63) is 69.2 Å². The highest BCUT2D eigenvalue weighted by molar-refractivity contribution is 9.10. The molecule has 1 unspecified atom stereocenters. The second-order valence-electron chi connectivity index (χ2n) is 5.32. The minimum atomic E-state index is -0.800. The van der Waals surface area contributed by atoms with Crippen molar-refractivity contribution in [3.63, 3.8) is 0 Å². The van der Waals surface area contributed by atoms with Crippen molar-refractivity contribution in [2.24, 2.45) is 5.92 Å². The van der Waals surface area contributed by atoms with Crippen LogP contribution in [-0.4, -0.2) is 5.78 Å². The first-order chi connectivity index (χ1) is 10.1. The first-order valence-corrected chi connectivity index (χ1v) is 7.61. The van der Waals surface area contributed by atoms with Crippen LogP contribution in [0.25, 0.3) is 0 Å². The van der Waals surface area contributed by atoms with Gasteiger partial charge >= 0.3 is 0 Å². The van der Waals surface area contributed by atoms with Gasteiger partial charge in [0.1, 0.15) is 11.6 Å². The largest absolute Gasteiger partial charge is 0.294 e. The number of carbonyl (C=O) groups is 1. The van der Waals surface area contributed by atoms with Crippen molar-refractivity contribution in [1.82, 2.24) is 0 Å². The Balaban J connectivity index is 1.91. The van der Waals surface area contributed by atoms with Gasteiger partial charge in [-0.1, -0.05) is 40.2 Å². The molecule has 0 amide bonds. The summed E-state index contributed by atoms with van der Waals surface area (Å²) in [5.74, 6) is -2.39. The Labute approximate surface area is 130 Å². The van der Waals surface area contributed by atoms with Crippen LogP contribution in [0.3, 0.4) is 0 Å². The van der Waals surface area contributed by atoms with Crippen LogP contribution in [0, 0.1) is 17.6 Å². The molecule has 0 fully saturated rings. The SMILES string of the molecule is O=C(c1c(F)cc(Br)cc1F)C1CCc2ccccc2C1. The van der Waals surface area contributed by atoms with Gasteiger partial charge in [-0.3, -0.25) is 4.79 Å². The molecule has 0 aromatic heterocycles. The molecule has 0 spiro atoms. The van der Waals surface area contributed by atoms with E-state index in [1.54, 1.807) is 0 Å². The van der Waals surface area contributed by atoms with Gasteiger partial charge in [0.2, 0.25) is 0 Å². The van der Waals surface area contributed by atoms with Crippen molar-refractivity contribution >= 4 is 21.7 Å². The van der Waals surface area contributed by atoms with Gasteiger partial charge in [-0.25, -0.2) is 8.78 Å². The zero-order chi connectivity index (χ0) is 15.0. The zero-order valence-electron chi connectivity index (χ0n) is 11.2. The van der Waals surface area contributed by atoms with E-state index in [0.29, 0.717) is 17.3 Å². The van der Waals surface area contributed by atoms with Gasteiger partial charge < -0.3 is 0 Å². The molecule has 0 heterocycles. The lowest BCUT2D eigenvalue weighted by Gasteiger charge is -2.23. The Morgan fingerprint density at radius 1 is 1.10 bits per heavy atom. The highest BCUT2D eigenvalue weighted by Crippen LogP contribution is 2.30. The van der Waals surface area contributed by atoms with Crippen LogP contribution >= 0.6 is 15.9 Å². The van der Waals surface area contributed by atoms with Crippen LogP contribution in [0.15, 0.2) is 40.9 Å². The average molecular weight is 351 g/mol. The van der Waals surface area contributed by atoms with Gasteiger partial charge in [0.05, 0.1) is 5.56 Å². The third-order valence-electron chi connectivity index (χ3n) is 3.97. The van der Waals surface area contributed by atoms with Crippen molar-refractivity contribution < 1.29 is 13.6 Å². The van der Waals surface area contributed by atoms with Gasteiger partial charge in [-0.05, 0) is 42.5 Å². The molecule has 0 aliphatic heterocycles. The monoisotopic (exact) mass is 350 g/mol. The molecule has 0 N–H and O–H groups in total. The number of fused-ring (bicyclic) bond motifs is 1. The standard InChI is InChI=1S/C17H13BrF2O/c18-13-8-14(19)16(15(20)9-13)17(21)12-6-5-10-3-1-2-4-11(10)7-12/h1-4,8-9,12H,5-7H2. The van der Waals surface area contributed by atoms with Crippen LogP contribution in [0.2, 0.25) is 0 Å². The minimum absolute atomic E-state index is 0.294. The summed E-state index contributed by atoms with van der Waals surface area (Å²) in [5.41, 5.74) is 1.90. The maximum atomic E-state index is 13.9. The fourth-order valence-electron chi connectivity index (χ4n) is 2.90. The number of hydrogen-bond acceptors (Lipinski definition) is 1. The van der Waals surface area contributed by atoms with Gasteiger partial charge in [0.25, 0.3) is 0 Å². The van der Waals surface area contributed by atoms with Crippen LogP contribution in [-0.2, 0) is 12.8 Å². The van der Waals surface area contributed by atoms with E-state index in [0.717, 1.165) is 24.1 Å². The van der Waals surface area contributed by atoms with Crippen LogP contribution in [0.1, 0.15) is 27.9 Å². The molecular weight excluding hydrogens is 338 g/mol. The minimum Gasteiger partial charge on any atom is -0.294 e. The van der Waals surface area contributed by atoms with Gasteiger partial charge in [-0.2, -0.15) is 0 Å². The molecule has 4 heteroatoms. The van der Waals surface area contributed by atoms with Crippen LogP contribution < -0.4 is 0 Å². The smallest absolute Gasteiger partial charge is 0.172 e. The second kappa shape index (κ2) is 5.68. The Morgan fingerprint density at radius 3 is 2.38 bits per heavy atom. The van der Waals surface area contributed by atoms with Gasteiger partial charge in [0, 0.05) is 10.4 Å². The van der Waals surface area contributed by atoms with Gasteiger partial charge in [0.15, 0.2) is 5.78 Å². The summed E-state index contributed by atoms with van der Waals surface area (Å²) in [6.45, 7) is 0. The predicted molar refractivity (Wildman–Crippen MR) is 80.3 cm³/mol. The van der Waals surface area contributed by atoms with E-state index in [9.17, 15) is 13.6 Å². The van der Waals surface area contributed by atoms with Crippen molar-refractivity contribution in [2.75, 3.05) is 0 Å².